The van der Waals surface area contributed by atoms with Crippen molar-refractivity contribution < 1.29 is 18.8 Å². The lowest BCUT2D eigenvalue weighted by molar-refractivity contribution is -0.122. The summed E-state index contributed by atoms with van der Waals surface area (Å²) in [5.74, 6) is -0.630. The Morgan fingerprint density at radius 1 is 1.30 bits per heavy atom. The monoisotopic (exact) mass is 474 g/mol. The molecule has 3 aromatic rings. The highest BCUT2D eigenvalue weighted by molar-refractivity contribution is 6.31. The molecule has 2 aromatic heterocycles. The fourth-order valence-electron chi connectivity index (χ4n) is 3.39. The van der Waals surface area contributed by atoms with Crippen LogP contribution in [0.1, 0.15) is 24.5 Å². The van der Waals surface area contributed by atoms with Crippen molar-refractivity contribution in [1.82, 2.24) is 25.0 Å². The quantitative estimate of drug-likeness (QED) is 0.484. The molecular weight excluding hydrogens is 456 g/mol. The van der Waals surface area contributed by atoms with E-state index in [1.807, 2.05) is 0 Å². The summed E-state index contributed by atoms with van der Waals surface area (Å²) in [4.78, 5) is 55.2. The lowest BCUT2D eigenvalue weighted by Crippen LogP contribution is -2.40. The maximum absolute atomic E-state index is 12.8. The smallest absolute Gasteiger partial charge is 0.438 e. The van der Waals surface area contributed by atoms with Crippen LogP contribution in [0.3, 0.4) is 0 Å². The minimum atomic E-state index is -0.800. The number of aromatic nitrogens is 4. The van der Waals surface area contributed by atoms with E-state index >= 15 is 0 Å². The summed E-state index contributed by atoms with van der Waals surface area (Å²) in [5, 5.41) is 9.35. The number of halogens is 1. The van der Waals surface area contributed by atoms with Crippen LogP contribution in [0.2, 0.25) is 5.02 Å². The Labute approximate surface area is 190 Å². The van der Waals surface area contributed by atoms with E-state index in [-0.39, 0.29) is 23.9 Å². The van der Waals surface area contributed by atoms with Gasteiger partial charge in [-0.3, -0.25) is 29.0 Å². The van der Waals surface area contributed by atoms with E-state index in [2.05, 4.69) is 35.0 Å². The second-order valence-corrected chi connectivity index (χ2v) is 7.93. The average molecular weight is 475 g/mol. The number of benzene rings is 1. The number of ether oxygens (including phenoxy) is 1. The van der Waals surface area contributed by atoms with Gasteiger partial charge in [-0.15, -0.1) is 0 Å². The third-order valence-electron chi connectivity index (χ3n) is 5.20. The number of nitrogens with one attached hydrogen (secondary N) is 3. The summed E-state index contributed by atoms with van der Waals surface area (Å²) in [5.41, 5.74) is -0.212. The summed E-state index contributed by atoms with van der Waals surface area (Å²) in [6.07, 6.45) is 0.459. The first-order chi connectivity index (χ1) is 15.7. The number of nitrogens with zero attached hydrogens (tertiary/aromatic N) is 3. The number of methoxy groups -OCH3 is 1. The molecule has 13 heteroatoms. The number of hydrogen-bond acceptors (Lipinski definition) is 8. The third-order valence-corrected chi connectivity index (χ3v) is 5.44. The topological polar surface area (TPSA) is 161 Å². The van der Waals surface area contributed by atoms with E-state index in [4.69, 9.17) is 11.6 Å². The highest BCUT2D eigenvalue weighted by atomic mass is 35.5. The van der Waals surface area contributed by atoms with E-state index in [9.17, 15) is 19.2 Å². The Kier molecular flexibility index (Phi) is 5.77. The van der Waals surface area contributed by atoms with Crippen molar-refractivity contribution in [2.24, 2.45) is 0 Å². The minimum absolute atomic E-state index is 0.242. The molecule has 0 unspecified atom stereocenters. The van der Waals surface area contributed by atoms with Crippen LogP contribution in [0.4, 0.5) is 10.5 Å². The van der Waals surface area contributed by atoms with Gasteiger partial charge in [0.25, 0.3) is 5.56 Å². The Morgan fingerprint density at radius 2 is 2.06 bits per heavy atom. The van der Waals surface area contributed by atoms with E-state index < -0.39 is 28.9 Å². The van der Waals surface area contributed by atoms with Gasteiger partial charge in [0.1, 0.15) is 17.9 Å². The predicted molar refractivity (Wildman–Crippen MR) is 116 cm³/mol. The van der Waals surface area contributed by atoms with Crippen LogP contribution in [-0.4, -0.2) is 38.8 Å². The highest BCUT2D eigenvalue weighted by Gasteiger charge is 2.49. The Balaban J connectivity index is 1.57. The van der Waals surface area contributed by atoms with Gasteiger partial charge in [-0.2, -0.15) is 0 Å². The summed E-state index contributed by atoms with van der Waals surface area (Å²) in [6.45, 7) is 1.30. The molecule has 3 N–H and O–H groups in total. The molecule has 0 atom stereocenters. The summed E-state index contributed by atoms with van der Waals surface area (Å²) in [6, 6.07) is 5.97. The van der Waals surface area contributed by atoms with Gasteiger partial charge in [0, 0.05) is 16.7 Å². The highest BCUT2D eigenvalue weighted by Crippen LogP contribution is 2.43. The maximum atomic E-state index is 12.8. The molecule has 1 saturated carbocycles. The van der Waals surface area contributed by atoms with Crippen LogP contribution in [0.15, 0.2) is 38.4 Å². The second kappa shape index (κ2) is 8.54. The van der Waals surface area contributed by atoms with Crippen molar-refractivity contribution in [3.05, 3.63) is 61.8 Å². The molecule has 0 bridgehead atoms. The zero-order valence-corrected chi connectivity index (χ0v) is 18.4. The SMILES string of the molecule is COC(=O)Nc1cc(Cl)ccc1-c1cc(=O)n(CC(=O)NC2(c3noc(=O)[nH]3)CC2)c(C)n1. The number of amides is 2. The molecule has 1 aliphatic rings. The largest absolute Gasteiger partial charge is 0.453 e. The molecule has 0 aliphatic heterocycles. The van der Waals surface area contributed by atoms with Crippen LogP contribution < -0.4 is 21.9 Å². The van der Waals surface area contributed by atoms with Gasteiger partial charge in [0.15, 0.2) is 5.82 Å². The van der Waals surface area contributed by atoms with Gasteiger partial charge in [0.2, 0.25) is 5.91 Å². The predicted octanol–water partition coefficient (Wildman–Crippen LogP) is 1.53. The third kappa shape index (κ3) is 4.65. The van der Waals surface area contributed by atoms with Gasteiger partial charge in [0.05, 0.1) is 18.5 Å². The molecular formula is C20H19ClN6O6. The standard InChI is InChI=1S/C20H19ClN6O6/c1-10-22-14(12-4-3-11(21)7-13(12)23-18(30)32-2)8-16(29)27(10)9-15(28)25-20(5-6-20)17-24-19(31)33-26-17/h3-4,7-8H,5-6,9H2,1-2H3,(H,23,30)(H,25,28)(H,24,26,31). The molecule has 0 radical (unpaired) electrons. The lowest BCUT2D eigenvalue weighted by Gasteiger charge is -2.16. The first-order valence-electron chi connectivity index (χ1n) is 9.81. The molecule has 0 spiro atoms. The molecule has 1 fully saturated rings. The maximum Gasteiger partial charge on any atom is 0.438 e. The van der Waals surface area contributed by atoms with Crippen molar-refractivity contribution in [2.75, 3.05) is 12.4 Å². The van der Waals surface area contributed by atoms with Gasteiger partial charge in [-0.05, 0) is 38.0 Å². The van der Waals surface area contributed by atoms with Crippen molar-refractivity contribution >= 4 is 29.3 Å². The van der Waals surface area contributed by atoms with E-state index in [0.29, 0.717) is 29.1 Å². The van der Waals surface area contributed by atoms with E-state index in [1.165, 1.54) is 23.8 Å². The zero-order valence-electron chi connectivity index (χ0n) is 17.6. The van der Waals surface area contributed by atoms with Gasteiger partial charge in [-0.25, -0.2) is 14.6 Å². The number of anilines is 1. The number of aromatic amines is 1. The van der Waals surface area contributed by atoms with Gasteiger partial charge < -0.3 is 10.1 Å². The molecule has 1 aromatic carbocycles. The fourth-order valence-corrected chi connectivity index (χ4v) is 3.56. The molecule has 12 nitrogen and oxygen atoms in total. The first-order valence-corrected chi connectivity index (χ1v) is 10.2. The second-order valence-electron chi connectivity index (χ2n) is 7.49. The van der Waals surface area contributed by atoms with Gasteiger partial charge in [-0.1, -0.05) is 16.8 Å². The van der Waals surface area contributed by atoms with Crippen LogP contribution >= 0.6 is 11.6 Å². The van der Waals surface area contributed by atoms with Crippen molar-refractivity contribution in [3.63, 3.8) is 0 Å². The molecule has 4 rings (SSSR count). The van der Waals surface area contributed by atoms with Crippen LogP contribution in [0.5, 0.6) is 0 Å². The summed E-state index contributed by atoms with van der Waals surface area (Å²) < 4.78 is 10.3. The number of hydrogen-bond donors (Lipinski definition) is 3. The zero-order chi connectivity index (χ0) is 23.8. The van der Waals surface area contributed by atoms with Crippen LogP contribution in [0.25, 0.3) is 11.3 Å². The molecule has 2 amide bonds. The Bertz CT molecular complexity index is 1360. The molecule has 172 valence electrons. The van der Waals surface area contributed by atoms with Crippen LogP contribution in [-0.2, 0) is 21.6 Å². The van der Waals surface area contributed by atoms with E-state index in [0.717, 1.165) is 0 Å². The number of rotatable bonds is 6. The normalized spacial score (nSPS) is 13.9. The molecule has 1 aliphatic carbocycles. The Morgan fingerprint density at radius 3 is 2.67 bits per heavy atom. The summed E-state index contributed by atoms with van der Waals surface area (Å²) >= 11 is 6.03. The molecule has 2 heterocycles. The number of carbonyl (C=O) groups excluding carboxylic acids is 2. The minimum Gasteiger partial charge on any atom is -0.453 e. The Hall–Kier alpha value is -3.93. The number of H-pyrrole nitrogens is 1. The lowest BCUT2D eigenvalue weighted by atomic mass is 10.1. The molecule has 33 heavy (non-hydrogen) atoms. The summed E-state index contributed by atoms with van der Waals surface area (Å²) in [7, 11) is 1.22. The fraction of sp³-hybridized carbons (Fsp3) is 0.300. The first kappa shape index (κ1) is 22.3. The molecule has 0 saturated heterocycles. The van der Waals surface area contributed by atoms with Gasteiger partial charge >= 0.3 is 11.8 Å². The number of carbonyl (C=O) groups is 2. The van der Waals surface area contributed by atoms with E-state index in [1.54, 1.807) is 19.1 Å². The van der Waals surface area contributed by atoms with Crippen molar-refractivity contribution in [3.8, 4) is 11.3 Å². The average Bonchev–Trinajstić information content (AvgIpc) is 3.40. The van der Waals surface area contributed by atoms with Crippen molar-refractivity contribution in [2.45, 2.75) is 31.8 Å². The van der Waals surface area contributed by atoms with Crippen molar-refractivity contribution in [1.29, 1.82) is 0 Å². The van der Waals surface area contributed by atoms with Crippen LogP contribution in [0, 0.1) is 6.92 Å². The number of aryl methyl sites for hydroxylation is 1.